The minimum Gasteiger partial charge on any atom is -0.485 e. The summed E-state index contributed by atoms with van der Waals surface area (Å²) in [7, 11) is 2.92. The fourth-order valence-corrected chi connectivity index (χ4v) is 4.52. The number of pyridine rings is 1. The molecule has 1 saturated carbocycles. The van der Waals surface area contributed by atoms with Crippen LogP contribution in [0.3, 0.4) is 0 Å². The van der Waals surface area contributed by atoms with Gasteiger partial charge in [-0.2, -0.15) is 9.37 Å². The molecule has 0 amide bonds. The Morgan fingerprint density at radius 1 is 0.857 bits per heavy atom. The number of hydrogen-bond acceptors (Lipinski definition) is 9. The molecule has 0 atom stereocenters. The summed E-state index contributed by atoms with van der Waals surface area (Å²) in [6.07, 6.45) is 1.30. The number of halogens is 3. The molecule has 218 valence electrons. The number of fused-ring (bicyclic) bond motifs is 1. The first-order chi connectivity index (χ1) is 20.3. The van der Waals surface area contributed by atoms with E-state index in [0.29, 0.717) is 36.3 Å². The number of carbonyl (C=O) groups is 2. The molecule has 5 rings (SSSR count). The van der Waals surface area contributed by atoms with E-state index in [0.717, 1.165) is 0 Å². The molecule has 1 fully saturated rings. The number of Topliss-reactive ketones (excluding diaryl/α,β-unsaturated/α-hetero) is 2. The van der Waals surface area contributed by atoms with E-state index < -0.39 is 40.8 Å². The second-order valence-corrected chi connectivity index (χ2v) is 9.74. The molecule has 9 nitrogen and oxygen atoms in total. The highest BCUT2D eigenvalue weighted by molar-refractivity contribution is 6.11. The predicted molar refractivity (Wildman–Crippen MR) is 143 cm³/mol. The zero-order chi connectivity index (χ0) is 29.9. The van der Waals surface area contributed by atoms with Crippen molar-refractivity contribution in [2.75, 3.05) is 27.4 Å². The quantitative estimate of drug-likeness (QED) is 0.160. The van der Waals surface area contributed by atoms with Crippen molar-refractivity contribution >= 4 is 22.6 Å². The lowest BCUT2D eigenvalue weighted by molar-refractivity contribution is -0.133. The van der Waals surface area contributed by atoms with Gasteiger partial charge in [-0.15, -0.1) is 0 Å². The van der Waals surface area contributed by atoms with Crippen molar-refractivity contribution in [1.29, 1.82) is 0 Å². The molecule has 42 heavy (non-hydrogen) atoms. The Bertz CT molecular complexity index is 1640. The molecule has 1 aliphatic rings. The summed E-state index contributed by atoms with van der Waals surface area (Å²) in [6, 6.07) is 9.37. The second-order valence-electron chi connectivity index (χ2n) is 9.74. The molecule has 4 aromatic rings. The first-order valence-corrected chi connectivity index (χ1v) is 13.0. The van der Waals surface area contributed by atoms with Gasteiger partial charge in [0, 0.05) is 26.0 Å². The van der Waals surface area contributed by atoms with Crippen LogP contribution < -0.4 is 14.2 Å². The monoisotopic (exact) mass is 581 g/mol. The van der Waals surface area contributed by atoms with E-state index in [2.05, 4.69) is 15.0 Å². The minimum atomic E-state index is -1.33. The third-order valence-electron chi connectivity index (χ3n) is 7.03. The highest BCUT2D eigenvalue weighted by Crippen LogP contribution is 2.49. The summed E-state index contributed by atoms with van der Waals surface area (Å²) >= 11 is 0. The molecular formula is C30H26F3N3O6. The highest BCUT2D eigenvalue weighted by Gasteiger charge is 2.54. The minimum absolute atomic E-state index is 0.0534. The number of carbonyl (C=O) groups excluding carboxylic acids is 2. The maximum atomic E-state index is 15.1. The van der Waals surface area contributed by atoms with Crippen LogP contribution in [0.2, 0.25) is 0 Å². The molecule has 2 aromatic carbocycles. The largest absolute Gasteiger partial charge is 0.485 e. The Morgan fingerprint density at radius 3 is 2.29 bits per heavy atom. The number of methoxy groups -OCH3 is 2. The van der Waals surface area contributed by atoms with Gasteiger partial charge in [0.25, 0.3) is 5.88 Å². The van der Waals surface area contributed by atoms with E-state index in [1.165, 1.54) is 56.9 Å². The molecule has 0 aliphatic heterocycles. The molecule has 2 aromatic heterocycles. The fraction of sp³-hybridized carbons (Fsp3) is 0.300. The average Bonchev–Trinajstić information content (AvgIpc) is 3.80. The molecular weight excluding hydrogens is 555 g/mol. The number of rotatable bonds is 13. The van der Waals surface area contributed by atoms with Crippen molar-refractivity contribution in [1.82, 2.24) is 15.0 Å². The van der Waals surface area contributed by atoms with Crippen LogP contribution in [0.5, 0.6) is 23.3 Å². The van der Waals surface area contributed by atoms with Crippen LogP contribution in [0.25, 0.3) is 11.0 Å². The SMILES string of the molecule is COCCOc1cc2ncnc(Oc3ccc(CC(=O)C4(C(=O)Cc5ccc(F)cc5)CC4)c(F)c3F)c2nc1OC. The van der Waals surface area contributed by atoms with E-state index in [1.807, 2.05) is 0 Å². The standard InChI is InChI=1S/C30H26F3N3O6/c1-39-11-12-41-22-15-20-27(36-28(22)40-2)29(35-16-34-20)42-21-8-5-18(25(32)26(21)33)14-24(38)30(9-10-30)23(37)13-17-3-6-19(31)7-4-17/h3-8,15-16H,9-14H2,1-2H3. The average molecular weight is 582 g/mol. The Kier molecular flexibility index (Phi) is 8.34. The molecule has 0 bridgehead atoms. The van der Waals surface area contributed by atoms with Crippen molar-refractivity contribution < 1.29 is 41.7 Å². The highest BCUT2D eigenvalue weighted by atomic mass is 19.2. The van der Waals surface area contributed by atoms with Gasteiger partial charge >= 0.3 is 0 Å². The summed E-state index contributed by atoms with van der Waals surface area (Å²) < 4.78 is 64.9. The predicted octanol–water partition coefficient (Wildman–Crippen LogP) is 4.97. The summed E-state index contributed by atoms with van der Waals surface area (Å²) in [5, 5.41) is 0. The van der Waals surface area contributed by atoms with Crippen LogP contribution in [0, 0.1) is 22.9 Å². The Hall–Kier alpha value is -4.58. The lowest BCUT2D eigenvalue weighted by Gasteiger charge is -2.15. The van der Waals surface area contributed by atoms with Gasteiger partial charge < -0.3 is 18.9 Å². The molecule has 0 unspecified atom stereocenters. The van der Waals surface area contributed by atoms with Crippen molar-refractivity contribution in [2.24, 2.45) is 5.41 Å². The van der Waals surface area contributed by atoms with Crippen molar-refractivity contribution in [3.8, 4) is 23.3 Å². The number of ketones is 2. The molecule has 0 N–H and O–H groups in total. The molecule has 0 spiro atoms. The normalized spacial score (nSPS) is 13.5. The van der Waals surface area contributed by atoms with Crippen molar-refractivity contribution in [3.05, 3.63) is 77.4 Å². The van der Waals surface area contributed by atoms with Crippen LogP contribution in [0.15, 0.2) is 48.8 Å². The van der Waals surface area contributed by atoms with Crippen molar-refractivity contribution in [3.63, 3.8) is 0 Å². The molecule has 0 saturated heterocycles. The third-order valence-corrected chi connectivity index (χ3v) is 7.03. The Labute approximate surface area is 238 Å². The zero-order valence-electron chi connectivity index (χ0n) is 22.8. The molecule has 0 radical (unpaired) electrons. The second kappa shape index (κ2) is 12.1. The smallest absolute Gasteiger partial charge is 0.257 e. The summed E-state index contributed by atoms with van der Waals surface area (Å²) in [4.78, 5) is 38.5. The summed E-state index contributed by atoms with van der Waals surface area (Å²) in [5.74, 6) is -4.13. The number of aromatic nitrogens is 3. The number of ether oxygens (including phenoxy) is 4. The molecule has 12 heteroatoms. The fourth-order valence-electron chi connectivity index (χ4n) is 4.52. The lowest BCUT2D eigenvalue weighted by atomic mass is 9.87. The van der Waals surface area contributed by atoms with Crippen molar-refractivity contribution in [2.45, 2.75) is 25.7 Å². The van der Waals surface area contributed by atoms with E-state index in [-0.39, 0.29) is 41.7 Å². The Morgan fingerprint density at radius 2 is 1.60 bits per heavy atom. The first-order valence-electron chi connectivity index (χ1n) is 13.0. The lowest BCUT2D eigenvalue weighted by Crippen LogP contribution is -2.29. The van der Waals surface area contributed by atoms with Gasteiger partial charge in [-0.3, -0.25) is 9.59 Å². The molecule has 2 heterocycles. The maximum Gasteiger partial charge on any atom is 0.257 e. The van der Waals surface area contributed by atoms with Gasteiger partial charge in [0.2, 0.25) is 11.7 Å². The Balaban J connectivity index is 1.33. The first kappa shape index (κ1) is 28.9. The number of hydrogen-bond donors (Lipinski definition) is 0. The van der Waals surface area contributed by atoms with E-state index in [1.54, 1.807) is 6.07 Å². The van der Waals surface area contributed by atoms with Crippen LogP contribution >= 0.6 is 0 Å². The van der Waals surface area contributed by atoms with Gasteiger partial charge in [0.1, 0.15) is 24.3 Å². The van der Waals surface area contributed by atoms with Crippen LogP contribution in [0.1, 0.15) is 24.0 Å². The van der Waals surface area contributed by atoms with Gasteiger partial charge in [-0.1, -0.05) is 18.2 Å². The molecule has 1 aliphatic carbocycles. The van der Waals surface area contributed by atoms with E-state index in [4.69, 9.17) is 18.9 Å². The van der Waals surface area contributed by atoms with Crippen LogP contribution in [-0.4, -0.2) is 54.0 Å². The van der Waals surface area contributed by atoms with Gasteiger partial charge in [0.05, 0.1) is 19.1 Å². The summed E-state index contributed by atoms with van der Waals surface area (Å²) in [6.45, 7) is 0.566. The zero-order valence-corrected chi connectivity index (χ0v) is 22.8. The van der Waals surface area contributed by atoms with Crippen LogP contribution in [-0.2, 0) is 27.2 Å². The maximum absolute atomic E-state index is 15.1. The number of nitrogens with zero attached hydrogens (tertiary/aromatic N) is 3. The topological polar surface area (TPSA) is 110 Å². The van der Waals surface area contributed by atoms with E-state index >= 15 is 8.78 Å². The third kappa shape index (κ3) is 5.89. The van der Waals surface area contributed by atoms with E-state index in [9.17, 15) is 14.0 Å². The van der Waals surface area contributed by atoms with Gasteiger partial charge in [0.15, 0.2) is 34.4 Å². The van der Waals surface area contributed by atoms with Crippen LogP contribution in [0.4, 0.5) is 13.2 Å². The number of benzene rings is 2. The van der Waals surface area contributed by atoms with Gasteiger partial charge in [-0.25, -0.2) is 18.7 Å². The summed E-state index contributed by atoms with van der Waals surface area (Å²) in [5.41, 5.74) is -0.475. The van der Waals surface area contributed by atoms with Gasteiger partial charge in [-0.05, 0) is 42.2 Å².